The molecule has 3 aromatic heterocycles. The molecule has 0 saturated heterocycles. The van der Waals surface area contributed by atoms with E-state index in [2.05, 4.69) is 233 Å². The molecule has 69 heavy (non-hydrogen) atoms. The van der Waals surface area contributed by atoms with Crippen molar-refractivity contribution in [1.29, 1.82) is 0 Å². The van der Waals surface area contributed by atoms with E-state index in [9.17, 15) is 0 Å². The molecule has 0 spiro atoms. The molecule has 0 aliphatic carbocycles. The van der Waals surface area contributed by atoms with E-state index in [-0.39, 0.29) is 6.71 Å². The lowest BCUT2D eigenvalue weighted by atomic mass is 9.34. The second-order valence-corrected chi connectivity index (χ2v) is 19.6. The SMILES string of the molecule is Cc1ccc2c(c1)c1cc(-c3ccccc3)ccc1n2-c1ccc2c3c1-n1c4ccc5ccccc5c4c4c5ccccc5cc(c41)B3c1cc3ccccc3c3c4c5ccccc5ccc4n-2c13. The van der Waals surface area contributed by atoms with Gasteiger partial charge in [-0.3, -0.25) is 0 Å². The average molecular weight is 872 g/mol. The molecule has 0 fully saturated rings. The standard InChI is InChI=1S/C65H38BN3/c1-37-23-27-52-48(33-37)49-34-41(38-13-3-2-4-14-38)26-28-53(49)67(52)57-32-31-56-62-65(57)69-55-30-25-40-16-6-10-20-45(40)59(55)61-47-22-12-8-18-43(47)36-51(64(61)69)66(62)50-35-42-17-7-11-21-46(42)60-58-44-19-9-5-15-39(44)24-29-54(58)68(56)63(50)60/h2-36H,1H3. The molecule has 0 unspecified atom stereocenters. The van der Waals surface area contributed by atoms with Gasteiger partial charge >= 0.3 is 0 Å². The summed E-state index contributed by atoms with van der Waals surface area (Å²) in [4.78, 5) is 0. The van der Waals surface area contributed by atoms with E-state index in [1.165, 1.54) is 159 Å². The summed E-state index contributed by atoms with van der Waals surface area (Å²) in [5.41, 5.74) is 18.9. The summed E-state index contributed by atoms with van der Waals surface area (Å²) in [6.07, 6.45) is 0. The first-order chi connectivity index (χ1) is 34.2. The Labute approximate surface area is 396 Å². The number of rotatable bonds is 2. The number of benzene rings is 12. The van der Waals surface area contributed by atoms with Crippen LogP contribution in [0, 0.1) is 6.92 Å². The van der Waals surface area contributed by atoms with Gasteiger partial charge < -0.3 is 13.7 Å². The lowest BCUT2D eigenvalue weighted by molar-refractivity contribution is 1.08. The first-order valence-corrected chi connectivity index (χ1v) is 24.2. The van der Waals surface area contributed by atoms with Gasteiger partial charge in [-0.05, 0) is 126 Å². The fraction of sp³-hybridized carbons (Fsp3) is 0.0154. The van der Waals surface area contributed by atoms with E-state index < -0.39 is 0 Å². The van der Waals surface area contributed by atoms with Crippen molar-refractivity contribution in [3.8, 4) is 28.2 Å². The van der Waals surface area contributed by atoms with Gasteiger partial charge in [-0.2, -0.15) is 0 Å². The third-order valence-electron chi connectivity index (χ3n) is 16.2. The van der Waals surface area contributed by atoms with Crippen molar-refractivity contribution in [3.05, 3.63) is 218 Å². The fourth-order valence-electron chi connectivity index (χ4n) is 13.5. The second-order valence-electron chi connectivity index (χ2n) is 19.6. The molecule has 2 aliphatic rings. The molecule has 5 heterocycles. The Morgan fingerprint density at radius 2 is 0.812 bits per heavy atom. The molecule has 3 nitrogen and oxygen atoms in total. The van der Waals surface area contributed by atoms with Crippen molar-refractivity contribution in [3.63, 3.8) is 0 Å². The summed E-state index contributed by atoms with van der Waals surface area (Å²) in [7, 11) is 0. The highest BCUT2D eigenvalue weighted by atomic mass is 15.1. The van der Waals surface area contributed by atoms with Gasteiger partial charge in [0.2, 0.25) is 0 Å². The van der Waals surface area contributed by atoms with Crippen molar-refractivity contribution in [2.75, 3.05) is 0 Å². The van der Waals surface area contributed by atoms with E-state index in [0.717, 1.165) is 0 Å². The molecule has 0 bridgehead atoms. The number of nitrogens with zero attached hydrogens (tertiary/aromatic N) is 3. The molecule has 15 aromatic rings. The summed E-state index contributed by atoms with van der Waals surface area (Å²) >= 11 is 0. The molecular formula is C65H38BN3. The summed E-state index contributed by atoms with van der Waals surface area (Å²) in [5.74, 6) is 0. The van der Waals surface area contributed by atoms with E-state index in [4.69, 9.17) is 0 Å². The third kappa shape index (κ3) is 4.46. The monoisotopic (exact) mass is 871 g/mol. The molecule has 0 atom stereocenters. The molecule has 0 saturated carbocycles. The third-order valence-corrected chi connectivity index (χ3v) is 16.2. The second kappa shape index (κ2) is 12.8. The Morgan fingerprint density at radius 3 is 1.45 bits per heavy atom. The van der Waals surface area contributed by atoms with E-state index in [1.54, 1.807) is 0 Å². The lowest BCUT2D eigenvalue weighted by Gasteiger charge is -2.35. The predicted octanol–water partition coefficient (Wildman–Crippen LogP) is 14.7. The van der Waals surface area contributed by atoms with Crippen LogP contribution < -0.4 is 16.4 Å². The van der Waals surface area contributed by atoms with Gasteiger partial charge in [0.1, 0.15) is 0 Å². The topological polar surface area (TPSA) is 14.8 Å². The zero-order chi connectivity index (χ0) is 44.8. The number of hydrogen-bond donors (Lipinski definition) is 0. The summed E-state index contributed by atoms with van der Waals surface area (Å²) < 4.78 is 7.92. The first kappa shape index (κ1) is 36.3. The van der Waals surface area contributed by atoms with Gasteiger partial charge in [0.05, 0.1) is 44.5 Å². The van der Waals surface area contributed by atoms with Crippen LogP contribution in [0.1, 0.15) is 5.56 Å². The van der Waals surface area contributed by atoms with Gasteiger partial charge in [-0.1, -0.05) is 169 Å². The average Bonchev–Trinajstić information content (AvgIpc) is 4.06. The Hall–Kier alpha value is -8.86. The molecule has 0 amide bonds. The molecule has 2 aliphatic heterocycles. The van der Waals surface area contributed by atoms with Crippen molar-refractivity contribution in [2.24, 2.45) is 0 Å². The Kier molecular flexibility index (Phi) is 6.71. The largest absolute Gasteiger partial charge is 0.310 e. The minimum absolute atomic E-state index is 0.0552. The number of fused-ring (bicyclic) bond motifs is 21. The maximum Gasteiger partial charge on any atom is 0.252 e. The highest BCUT2D eigenvalue weighted by Gasteiger charge is 2.43. The van der Waals surface area contributed by atoms with Crippen LogP contribution >= 0.6 is 0 Å². The van der Waals surface area contributed by atoms with Crippen LogP contribution in [-0.4, -0.2) is 20.4 Å². The Morgan fingerprint density at radius 1 is 0.319 bits per heavy atom. The van der Waals surface area contributed by atoms with Crippen molar-refractivity contribution < 1.29 is 0 Å². The minimum Gasteiger partial charge on any atom is -0.310 e. The molecule has 0 radical (unpaired) electrons. The van der Waals surface area contributed by atoms with Crippen molar-refractivity contribution in [2.45, 2.75) is 6.92 Å². The van der Waals surface area contributed by atoms with E-state index >= 15 is 0 Å². The van der Waals surface area contributed by atoms with Crippen molar-refractivity contribution >= 4 is 132 Å². The summed E-state index contributed by atoms with van der Waals surface area (Å²) in [5, 5.41) is 18.1. The molecule has 0 N–H and O–H groups in total. The Bertz CT molecular complexity index is 4850. The fourth-order valence-corrected chi connectivity index (χ4v) is 13.5. The zero-order valence-corrected chi connectivity index (χ0v) is 37.6. The van der Waals surface area contributed by atoms with Crippen LogP contribution in [0.2, 0.25) is 0 Å². The predicted molar refractivity (Wildman–Crippen MR) is 294 cm³/mol. The number of aromatic nitrogens is 3. The van der Waals surface area contributed by atoms with Gasteiger partial charge in [0, 0.05) is 38.0 Å². The van der Waals surface area contributed by atoms with Gasteiger partial charge in [0.25, 0.3) is 6.71 Å². The van der Waals surface area contributed by atoms with Crippen LogP contribution in [0.4, 0.5) is 0 Å². The van der Waals surface area contributed by atoms with Crippen LogP contribution in [0.5, 0.6) is 0 Å². The van der Waals surface area contributed by atoms with Crippen LogP contribution in [-0.2, 0) is 0 Å². The van der Waals surface area contributed by atoms with Crippen molar-refractivity contribution in [1.82, 2.24) is 13.7 Å². The lowest BCUT2D eigenvalue weighted by Crippen LogP contribution is -2.59. The molecule has 316 valence electrons. The number of aryl methyl sites for hydroxylation is 1. The van der Waals surface area contributed by atoms with Gasteiger partial charge in [0.15, 0.2) is 0 Å². The maximum atomic E-state index is 2.69. The normalized spacial score (nSPS) is 13.0. The minimum atomic E-state index is -0.0552. The van der Waals surface area contributed by atoms with Crippen LogP contribution in [0.3, 0.4) is 0 Å². The summed E-state index contributed by atoms with van der Waals surface area (Å²) in [6.45, 7) is 2.16. The zero-order valence-electron chi connectivity index (χ0n) is 37.6. The summed E-state index contributed by atoms with van der Waals surface area (Å²) in [6, 6.07) is 80.6. The number of hydrogen-bond acceptors (Lipinski definition) is 0. The van der Waals surface area contributed by atoms with E-state index in [1.807, 2.05) is 0 Å². The highest BCUT2D eigenvalue weighted by molar-refractivity contribution is 7.01. The Balaban J connectivity index is 1.12. The van der Waals surface area contributed by atoms with Gasteiger partial charge in [-0.25, -0.2) is 0 Å². The molecule has 4 heteroatoms. The molecular weight excluding hydrogens is 834 g/mol. The van der Waals surface area contributed by atoms with Gasteiger partial charge in [-0.15, -0.1) is 0 Å². The smallest absolute Gasteiger partial charge is 0.252 e. The maximum absolute atomic E-state index is 2.69. The van der Waals surface area contributed by atoms with Crippen LogP contribution in [0.25, 0.3) is 137 Å². The molecule has 12 aromatic carbocycles. The quantitative estimate of drug-likeness (QED) is 0.154. The molecule has 17 rings (SSSR count). The first-order valence-electron chi connectivity index (χ1n) is 24.2. The van der Waals surface area contributed by atoms with Crippen LogP contribution in [0.15, 0.2) is 212 Å². The highest BCUT2D eigenvalue weighted by Crippen LogP contribution is 2.48. The van der Waals surface area contributed by atoms with E-state index in [0.29, 0.717) is 0 Å².